The first-order valence-corrected chi connectivity index (χ1v) is 7.30. The van der Waals surface area contributed by atoms with Crippen LogP contribution >= 0.6 is 11.8 Å². The van der Waals surface area contributed by atoms with Crippen molar-refractivity contribution < 1.29 is 9.72 Å². The summed E-state index contributed by atoms with van der Waals surface area (Å²) in [5.74, 6) is 0.127. The van der Waals surface area contributed by atoms with E-state index in [1.54, 1.807) is 18.2 Å². The molecule has 0 radical (unpaired) electrons. The molecule has 0 aromatic heterocycles. The van der Waals surface area contributed by atoms with Crippen LogP contribution in [0.4, 0.5) is 5.69 Å². The van der Waals surface area contributed by atoms with E-state index in [0.29, 0.717) is 0 Å². The minimum absolute atomic E-state index is 0.0688. The van der Waals surface area contributed by atoms with Crippen molar-refractivity contribution in [1.82, 2.24) is 0 Å². The molecule has 5 heteroatoms. The van der Waals surface area contributed by atoms with Crippen LogP contribution in [0.5, 0.6) is 0 Å². The summed E-state index contributed by atoms with van der Waals surface area (Å²) in [4.78, 5) is 23.3. The molecule has 0 saturated carbocycles. The van der Waals surface area contributed by atoms with Gasteiger partial charge in [-0.15, -0.1) is 11.8 Å². The molecule has 0 aliphatic heterocycles. The van der Waals surface area contributed by atoms with Gasteiger partial charge in [0.25, 0.3) is 5.69 Å². The molecule has 20 heavy (non-hydrogen) atoms. The lowest BCUT2D eigenvalue weighted by Gasteiger charge is -2.36. The van der Waals surface area contributed by atoms with E-state index in [9.17, 15) is 14.9 Å². The van der Waals surface area contributed by atoms with Crippen LogP contribution in [0.3, 0.4) is 0 Å². The summed E-state index contributed by atoms with van der Waals surface area (Å²) < 4.78 is 0. The maximum atomic E-state index is 12.2. The molecule has 1 unspecified atom stereocenters. The standard InChI is InChI=1S/C15H17NO3S/c1-10-8-13(17)14(15(2,3)9-10)20-12-6-4-11(5-7-12)16(18)19/h4-8,14H,9H2,1-3H3. The van der Waals surface area contributed by atoms with E-state index in [1.807, 2.05) is 6.92 Å². The summed E-state index contributed by atoms with van der Waals surface area (Å²) in [6, 6.07) is 6.36. The summed E-state index contributed by atoms with van der Waals surface area (Å²) in [7, 11) is 0. The van der Waals surface area contributed by atoms with E-state index in [1.165, 1.54) is 23.9 Å². The van der Waals surface area contributed by atoms with Crippen molar-refractivity contribution in [2.24, 2.45) is 5.41 Å². The van der Waals surface area contributed by atoms with Crippen LogP contribution in [-0.2, 0) is 4.79 Å². The lowest BCUT2D eigenvalue weighted by Crippen LogP contribution is -2.36. The monoisotopic (exact) mass is 291 g/mol. The van der Waals surface area contributed by atoms with Gasteiger partial charge in [0, 0.05) is 17.0 Å². The highest BCUT2D eigenvalue weighted by atomic mass is 32.2. The summed E-state index contributed by atoms with van der Waals surface area (Å²) in [6.45, 7) is 6.15. The molecule has 0 amide bonds. The Morgan fingerprint density at radius 3 is 2.40 bits per heavy atom. The van der Waals surface area contributed by atoms with Crippen molar-refractivity contribution in [1.29, 1.82) is 0 Å². The molecule has 0 heterocycles. The molecule has 106 valence electrons. The third-order valence-electron chi connectivity index (χ3n) is 3.39. The second kappa shape index (κ2) is 5.40. The van der Waals surface area contributed by atoms with Gasteiger partial charge in [0.05, 0.1) is 10.2 Å². The molecule has 1 aromatic rings. The van der Waals surface area contributed by atoms with Crippen LogP contribution in [0.1, 0.15) is 27.2 Å². The second-order valence-electron chi connectivity index (χ2n) is 5.81. The molecule has 0 saturated heterocycles. The highest BCUT2D eigenvalue weighted by Crippen LogP contribution is 2.43. The fraction of sp³-hybridized carbons (Fsp3) is 0.400. The van der Waals surface area contributed by atoms with E-state index >= 15 is 0 Å². The maximum Gasteiger partial charge on any atom is 0.269 e. The number of nitrogens with zero attached hydrogens (tertiary/aromatic N) is 1. The van der Waals surface area contributed by atoms with Crippen molar-refractivity contribution in [3.63, 3.8) is 0 Å². The number of hydrogen-bond acceptors (Lipinski definition) is 4. The Kier molecular flexibility index (Phi) is 3.99. The smallest absolute Gasteiger partial charge is 0.269 e. The molecule has 1 aliphatic rings. The Hall–Kier alpha value is -1.62. The summed E-state index contributed by atoms with van der Waals surface area (Å²) in [5, 5.41) is 10.5. The van der Waals surface area contributed by atoms with Crippen molar-refractivity contribution in [2.75, 3.05) is 0 Å². The van der Waals surface area contributed by atoms with Crippen LogP contribution in [0.2, 0.25) is 0 Å². The zero-order chi connectivity index (χ0) is 14.9. The molecule has 1 aromatic carbocycles. The van der Waals surface area contributed by atoms with Crippen LogP contribution in [0.25, 0.3) is 0 Å². The second-order valence-corrected chi connectivity index (χ2v) is 6.99. The van der Waals surface area contributed by atoms with Crippen molar-refractivity contribution in [2.45, 2.75) is 37.3 Å². The van der Waals surface area contributed by atoms with Gasteiger partial charge in [-0.2, -0.15) is 0 Å². The van der Waals surface area contributed by atoms with Gasteiger partial charge in [0.1, 0.15) is 0 Å². The van der Waals surface area contributed by atoms with Crippen LogP contribution in [0.15, 0.2) is 40.8 Å². The Bertz CT molecular complexity index is 575. The van der Waals surface area contributed by atoms with Crippen LogP contribution < -0.4 is 0 Å². The number of hydrogen-bond donors (Lipinski definition) is 0. The van der Waals surface area contributed by atoms with Gasteiger partial charge in [-0.3, -0.25) is 14.9 Å². The normalized spacial score (nSPS) is 21.4. The Labute approximate surface area is 122 Å². The van der Waals surface area contributed by atoms with Crippen LogP contribution in [0, 0.1) is 15.5 Å². The van der Waals surface area contributed by atoms with Crippen LogP contribution in [-0.4, -0.2) is 16.0 Å². The molecular formula is C15H17NO3S. The fourth-order valence-electron chi connectivity index (χ4n) is 2.57. The largest absolute Gasteiger partial charge is 0.294 e. The first kappa shape index (κ1) is 14.8. The third-order valence-corrected chi connectivity index (χ3v) is 5.04. The van der Waals surface area contributed by atoms with E-state index in [-0.39, 0.29) is 22.1 Å². The summed E-state index contributed by atoms with van der Waals surface area (Å²) >= 11 is 1.49. The number of rotatable bonds is 3. The van der Waals surface area contributed by atoms with Crippen molar-refractivity contribution >= 4 is 23.2 Å². The number of carbonyl (C=O) groups excluding carboxylic acids is 1. The first-order valence-electron chi connectivity index (χ1n) is 6.42. The molecule has 4 nitrogen and oxygen atoms in total. The van der Waals surface area contributed by atoms with Gasteiger partial charge in [-0.05, 0) is 37.0 Å². The van der Waals surface area contributed by atoms with E-state index in [4.69, 9.17) is 0 Å². The number of nitro groups is 1. The molecule has 1 atom stereocenters. The Morgan fingerprint density at radius 2 is 1.90 bits per heavy atom. The first-order chi connectivity index (χ1) is 9.29. The zero-order valence-corrected chi connectivity index (χ0v) is 12.6. The number of non-ortho nitro benzene ring substituents is 1. The predicted octanol–water partition coefficient (Wildman–Crippen LogP) is 4.00. The molecule has 1 aliphatic carbocycles. The zero-order valence-electron chi connectivity index (χ0n) is 11.8. The molecule has 0 spiro atoms. The lowest BCUT2D eigenvalue weighted by molar-refractivity contribution is -0.384. The van der Waals surface area contributed by atoms with E-state index in [2.05, 4.69) is 13.8 Å². The van der Waals surface area contributed by atoms with Gasteiger partial charge in [-0.25, -0.2) is 0 Å². The molecule has 0 bridgehead atoms. The molecule has 0 fully saturated rings. The average molecular weight is 291 g/mol. The van der Waals surface area contributed by atoms with Gasteiger partial charge in [0.15, 0.2) is 5.78 Å². The third kappa shape index (κ3) is 3.10. The SMILES string of the molecule is CC1=CC(=O)C(Sc2ccc([N+](=O)[O-])cc2)C(C)(C)C1. The van der Waals surface area contributed by atoms with E-state index in [0.717, 1.165) is 16.9 Å². The highest BCUT2D eigenvalue weighted by Gasteiger charge is 2.38. The summed E-state index contributed by atoms with van der Waals surface area (Å²) in [5.41, 5.74) is 1.07. The summed E-state index contributed by atoms with van der Waals surface area (Å²) in [6.07, 6.45) is 2.61. The number of allylic oxidation sites excluding steroid dienone is 2. The molecule has 2 rings (SSSR count). The van der Waals surface area contributed by atoms with Gasteiger partial charge in [0.2, 0.25) is 0 Å². The Balaban J connectivity index is 2.20. The molecular weight excluding hydrogens is 274 g/mol. The maximum absolute atomic E-state index is 12.2. The highest BCUT2D eigenvalue weighted by molar-refractivity contribution is 8.00. The quantitative estimate of drug-likeness (QED) is 0.624. The molecule has 0 N–H and O–H groups in total. The lowest BCUT2D eigenvalue weighted by atomic mass is 9.77. The minimum Gasteiger partial charge on any atom is -0.294 e. The topological polar surface area (TPSA) is 60.2 Å². The predicted molar refractivity (Wildman–Crippen MR) is 79.9 cm³/mol. The van der Waals surface area contributed by atoms with E-state index < -0.39 is 4.92 Å². The van der Waals surface area contributed by atoms with Gasteiger partial charge >= 0.3 is 0 Å². The fourth-order valence-corrected chi connectivity index (χ4v) is 3.72. The number of ketones is 1. The van der Waals surface area contributed by atoms with Crippen molar-refractivity contribution in [3.8, 4) is 0 Å². The average Bonchev–Trinajstić information content (AvgIpc) is 2.33. The minimum atomic E-state index is -0.420. The number of thioether (sulfide) groups is 1. The Morgan fingerprint density at radius 1 is 1.30 bits per heavy atom. The number of benzene rings is 1. The van der Waals surface area contributed by atoms with Crippen molar-refractivity contribution in [3.05, 3.63) is 46.0 Å². The number of carbonyl (C=O) groups is 1. The van der Waals surface area contributed by atoms with Gasteiger partial charge in [-0.1, -0.05) is 19.4 Å². The number of nitro benzene ring substituents is 1. The van der Waals surface area contributed by atoms with Gasteiger partial charge < -0.3 is 0 Å².